The van der Waals surface area contributed by atoms with Crippen molar-refractivity contribution in [3.63, 3.8) is 0 Å². The molecule has 0 atom stereocenters. The van der Waals surface area contributed by atoms with Crippen LogP contribution in [0.1, 0.15) is 48.9 Å². The van der Waals surface area contributed by atoms with E-state index in [0.717, 1.165) is 19.3 Å². The van der Waals surface area contributed by atoms with Crippen molar-refractivity contribution in [2.24, 2.45) is 23.2 Å². The number of amides is 2. The lowest BCUT2D eigenvalue weighted by Gasteiger charge is -2.55. The van der Waals surface area contributed by atoms with Crippen molar-refractivity contribution in [1.82, 2.24) is 10.9 Å². The Hall–Kier alpha value is -2.44. The minimum atomic E-state index is -0.419. The van der Waals surface area contributed by atoms with E-state index < -0.39 is 5.91 Å². The molecule has 0 saturated heterocycles. The smallest absolute Gasteiger partial charge is 0.269 e. The standard InChI is InChI=1S/C21H28N2O5/c1-26-16-7-15(8-17(27-2)18(16)28-3)19(24)22-23-20(25)21-9-12-4-13(10-21)6-14(5-12)11-21/h7-8,12-14H,4-6,9-11H2,1-3H3,(H,22,24)(H,23,25). The number of carbonyl (C=O) groups is 2. The van der Waals surface area contributed by atoms with Gasteiger partial charge in [-0.25, -0.2) is 0 Å². The average molecular weight is 388 g/mol. The van der Waals surface area contributed by atoms with Crippen molar-refractivity contribution >= 4 is 11.8 Å². The number of hydrazine groups is 1. The zero-order valence-electron chi connectivity index (χ0n) is 16.7. The van der Waals surface area contributed by atoms with Crippen LogP contribution in [0.3, 0.4) is 0 Å². The normalized spacial score (nSPS) is 29.9. The van der Waals surface area contributed by atoms with Gasteiger partial charge in [0.05, 0.1) is 26.7 Å². The second-order valence-electron chi connectivity index (χ2n) is 8.52. The van der Waals surface area contributed by atoms with Gasteiger partial charge in [0, 0.05) is 5.56 Å². The second-order valence-corrected chi connectivity index (χ2v) is 8.52. The molecule has 7 heteroatoms. The van der Waals surface area contributed by atoms with Crippen LogP contribution in [-0.4, -0.2) is 33.1 Å². The lowest BCUT2D eigenvalue weighted by atomic mass is 9.49. The lowest BCUT2D eigenvalue weighted by molar-refractivity contribution is -0.147. The van der Waals surface area contributed by atoms with E-state index in [-0.39, 0.29) is 11.3 Å². The maximum Gasteiger partial charge on any atom is 0.269 e. The number of ether oxygens (including phenoxy) is 3. The summed E-state index contributed by atoms with van der Waals surface area (Å²) in [5.74, 6) is 2.73. The third-order valence-electron chi connectivity index (χ3n) is 6.74. The number of nitrogens with one attached hydrogen (secondary N) is 2. The molecule has 1 aromatic carbocycles. The fourth-order valence-electron chi connectivity index (χ4n) is 5.92. The summed E-state index contributed by atoms with van der Waals surface area (Å²) in [6.07, 6.45) is 6.65. The highest BCUT2D eigenvalue weighted by Crippen LogP contribution is 2.60. The molecule has 0 aromatic heterocycles. The molecule has 4 fully saturated rings. The highest BCUT2D eigenvalue weighted by Gasteiger charge is 2.54. The van der Waals surface area contributed by atoms with Gasteiger partial charge in [-0.1, -0.05) is 0 Å². The van der Waals surface area contributed by atoms with Crippen LogP contribution in [0.25, 0.3) is 0 Å². The van der Waals surface area contributed by atoms with Crippen LogP contribution in [0.2, 0.25) is 0 Å². The molecule has 5 rings (SSSR count). The predicted octanol–water partition coefficient (Wildman–Crippen LogP) is 2.69. The molecule has 4 saturated carbocycles. The number of carbonyl (C=O) groups excluding carboxylic acids is 2. The van der Waals surface area contributed by atoms with Crippen molar-refractivity contribution in [1.29, 1.82) is 0 Å². The van der Waals surface area contributed by atoms with Crippen molar-refractivity contribution in [3.05, 3.63) is 17.7 Å². The molecule has 7 nitrogen and oxygen atoms in total. The molecule has 2 amide bonds. The molecule has 0 heterocycles. The third-order valence-corrected chi connectivity index (χ3v) is 6.74. The molecule has 0 unspecified atom stereocenters. The molecule has 0 spiro atoms. The maximum atomic E-state index is 13.0. The first kappa shape index (κ1) is 18.9. The molecule has 2 N–H and O–H groups in total. The highest BCUT2D eigenvalue weighted by molar-refractivity contribution is 5.97. The summed E-state index contributed by atoms with van der Waals surface area (Å²) in [6.45, 7) is 0. The van der Waals surface area contributed by atoms with E-state index in [1.54, 1.807) is 12.1 Å². The number of methoxy groups -OCH3 is 3. The molecule has 0 radical (unpaired) electrons. The van der Waals surface area contributed by atoms with E-state index in [1.807, 2.05) is 0 Å². The summed E-state index contributed by atoms with van der Waals surface area (Å²) < 4.78 is 15.9. The summed E-state index contributed by atoms with van der Waals surface area (Å²) in [5.41, 5.74) is 5.28. The van der Waals surface area contributed by atoms with E-state index in [4.69, 9.17) is 14.2 Å². The minimum absolute atomic E-state index is 0.0487. The zero-order valence-corrected chi connectivity index (χ0v) is 16.7. The van der Waals surface area contributed by atoms with Crippen LogP contribution in [-0.2, 0) is 4.79 Å². The summed E-state index contributed by atoms with van der Waals surface area (Å²) in [7, 11) is 4.49. The molecular formula is C21H28N2O5. The Kier molecular flexibility index (Phi) is 4.85. The molecule has 4 aliphatic rings. The average Bonchev–Trinajstić information content (AvgIpc) is 2.69. The third kappa shape index (κ3) is 3.16. The Balaban J connectivity index is 1.45. The molecule has 0 aliphatic heterocycles. The van der Waals surface area contributed by atoms with Gasteiger partial charge in [0.15, 0.2) is 11.5 Å². The van der Waals surface area contributed by atoms with E-state index in [2.05, 4.69) is 10.9 Å². The van der Waals surface area contributed by atoms with E-state index >= 15 is 0 Å². The van der Waals surface area contributed by atoms with Crippen LogP contribution in [0.15, 0.2) is 12.1 Å². The molecule has 152 valence electrons. The summed E-state index contributed by atoms with van der Waals surface area (Å²) in [6, 6.07) is 3.13. The Morgan fingerprint density at radius 2 is 1.36 bits per heavy atom. The topological polar surface area (TPSA) is 85.9 Å². The largest absolute Gasteiger partial charge is 0.493 e. The van der Waals surface area contributed by atoms with Crippen LogP contribution in [0.4, 0.5) is 0 Å². The van der Waals surface area contributed by atoms with E-state index in [1.165, 1.54) is 40.6 Å². The van der Waals surface area contributed by atoms with Crippen molar-refractivity contribution in [3.8, 4) is 17.2 Å². The molecule has 4 bridgehead atoms. The molecular weight excluding hydrogens is 360 g/mol. The number of hydrogen-bond donors (Lipinski definition) is 2. The Morgan fingerprint density at radius 3 is 1.79 bits per heavy atom. The Morgan fingerprint density at radius 1 is 0.857 bits per heavy atom. The first-order chi connectivity index (χ1) is 13.5. The molecule has 4 aliphatic carbocycles. The van der Waals surface area contributed by atoms with Gasteiger partial charge in [0.2, 0.25) is 11.7 Å². The van der Waals surface area contributed by atoms with Gasteiger partial charge in [0.25, 0.3) is 5.91 Å². The van der Waals surface area contributed by atoms with Crippen LogP contribution in [0, 0.1) is 23.2 Å². The van der Waals surface area contributed by atoms with Gasteiger partial charge in [-0.2, -0.15) is 0 Å². The van der Waals surface area contributed by atoms with E-state index in [0.29, 0.717) is 40.6 Å². The highest BCUT2D eigenvalue weighted by atomic mass is 16.5. The molecule has 1 aromatic rings. The lowest BCUT2D eigenvalue weighted by Crippen LogP contribution is -2.56. The van der Waals surface area contributed by atoms with Crippen molar-refractivity contribution in [2.45, 2.75) is 38.5 Å². The van der Waals surface area contributed by atoms with Crippen molar-refractivity contribution < 1.29 is 23.8 Å². The van der Waals surface area contributed by atoms with Gasteiger partial charge >= 0.3 is 0 Å². The first-order valence-corrected chi connectivity index (χ1v) is 9.88. The van der Waals surface area contributed by atoms with Gasteiger partial charge in [-0.3, -0.25) is 20.4 Å². The Bertz CT molecular complexity index is 731. The van der Waals surface area contributed by atoms with Crippen LogP contribution < -0.4 is 25.1 Å². The van der Waals surface area contributed by atoms with Gasteiger partial charge in [0.1, 0.15) is 0 Å². The Labute approximate surface area is 165 Å². The number of hydrogen-bond acceptors (Lipinski definition) is 5. The fourth-order valence-corrected chi connectivity index (χ4v) is 5.92. The fraction of sp³-hybridized carbons (Fsp3) is 0.619. The minimum Gasteiger partial charge on any atom is -0.493 e. The quantitative estimate of drug-likeness (QED) is 0.758. The predicted molar refractivity (Wildman–Crippen MR) is 102 cm³/mol. The SMILES string of the molecule is COc1cc(C(=O)NNC(=O)C23CC4CC(CC(C4)C2)C3)cc(OC)c1OC. The van der Waals surface area contributed by atoms with E-state index in [9.17, 15) is 9.59 Å². The summed E-state index contributed by atoms with van der Waals surface area (Å²) in [5, 5.41) is 0. The van der Waals surface area contributed by atoms with Gasteiger partial charge < -0.3 is 14.2 Å². The van der Waals surface area contributed by atoms with Gasteiger partial charge in [-0.05, 0) is 68.4 Å². The molecule has 28 heavy (non-hydrogen) atoms. The number of rotatable bonds is 5. The second kappa shape index (κ2) is 7.18. The van der Waals surface area contributed by atoms with Gasteiger partial charge in [-0.15, -0.1) is 0 Å². The first-order valence-electron chi connectivity index (χ1n) is 9.88. The van der Waals surface area contributed by atoms with Crippen LogP contribution >= 0.6 is 0 Å². The van der Waals surface area contributed by atoms with Crippen molar-refractivity contribution in [2.75, 3.05) is 21.3 Å². The number of benzene rings is 1. The maximum absolute atomic E-state index is 13.0. The summed E-state index contributed by atoms with van der Waals surface area (Å²) >= 11 is 0. The zero-order chi connectivity index (χ0) is 19.9. The summed E-state index contributed by atoms with van der Waals surface area (Å²) in [4.78, 5) is 25.6. The van der Waals surface area contributed by atoms with Crippen LogP contribution in [0.5, 0.6) is 17.2 Å². The monoisotopic (exact) mass is 388 g/mol.